The highest BCUT2D eigenvalue weighted by molar-refractivity contribution is 8.01. The van der Waals surface area contributed by atoms with E-state index in [9.17, 15) is 4.79 Å². The molecule has 1 spiro atoms. The number of amides is 1. The molecule has 5 nitrogen and oxygen atoms in total. The first-order valence-electron chi connectivity index (χ1n) is 6.28. The number of hydrogen-bond donors (Lipinski definition) is 2. The van der Waals surface area contributed by atoms with Gasteiger partial charge in [-0.05, 0) is 13.0 Å². The molecule has 1 amide bonds. The topological polar surface area (TPSA) is 53.6 Å². The number of carbonyl (C=O) groups is 1. The smallest absolute Gasteiger partial charge is 0.240 e. The molecule has 6 heteroatoms. The summed E-state index contributed by atoms with van der Waals surface area (Å²) < 4.78 is 5.28. The quantitative estimate of drug-likeness (QED) is 0.647. The summed E-state index contributed by atoms with van der Waals surface area (Å²) in [5.74, 6) is 1.15. The molecule has 3 aliphatic rings. The van der Waals surface area contributed by atoms with Crippen molar-refractivity contribution in [2.24, 2.45) is 0 Å². The third-order valence-corrected chi connectivity index (χ3v) is 5.22. The van der Waals surface area contributed by atoms with Crippen LogP contribution in [0, 0.1) is 0 Å². The van der Waals surface area contributed by atoms with Crippen LogP contribution < -0.4 is 10.6 Å². The van der Waals surface area contributed by atoms with Crippen LogP contribution in [0.1, 0.15) is 6.42 Å². The van der Waals surface area contributed by atoms with E-state index in [-0.39, 0.29) is 16.8 Å². The van der Waals surface area contributed by atoms with Gasteiger partial charge in [0.15, 0.2) is 0 Å². The van der Waals surface area contributed by atoms with E-state index in [0.717, 1.165) is 38.4 Å². The number of thioether (sulfide) groups is 1. The molecule has 0 aromatic carbocycles. The molecule has 3 fully saturated rings. The van der Waals surface area contributed by atoms with Crippen LogP contribution in [-0.2, 0) is 9.53 Å². The zero-order valence-corrected chi connectivity index (χ0v) is 10.7. The van der Waals surface area contributed by atoms with Gasteiger partial charge < -0.3 is 15.0 Å². The Morgan fingerprint density at radius 2 is 2.24 bits per heavy atom. The Bertz CT molecular complexity index is 301. The van der Waals surface area contributed by atoms with Gasteiger partial charge in [-0.25, -0.2) is 0 Å². The summed E-state index contributed by atoms with van der Waals surface area (Å²) >= 11 is 1.90. The van der Waals surface area contributed by atoms with Gasteiger partial charge in [0.1, 0.15) is 0 Å². The van der Waals surface area contributed by atoms with E-state index in [1.807, 2.05) is 16.7 Å². The minimum atomic E-state index is -0.00185. The predicted molar refractivity (Wildman–Crippen MR) is 67.0 cm³/mol. The third-order valence-electron chi connectivity index (χ3n) is 3.70. The fourth-order valence-electron chi connectivity index (χ4n) is 2.70. The van der Waals surface area contributed by atoms with Gasteiger partial charge in [-0.1, -0.05) is 0 Å². The molecule has 3 saturated heterocycles. The highest BCUT2D eigenvalue weighted by Gasteiger charge is 2.44. The molecule has 1 unspecified atom stereocenters. The molecule has 0 saturated carbocycles. The molecule has 3 heterocycles. The molecule has 3 aliphatic heterocycles. The van der Waals surface area contributed by atoms with Crippen LogP contribution in [0.2, 0.25) is 0 Å². The van der Waals surface area contributed by atoms with Crippen LogP contribution in [0.3, 0.4) is 0 Å². The number of rotatable bonds is 1. The molecule has 96 valence electrons. The van der Waals surface area contributed by atoms with Crippen LogP contribution in [0.15, 0.2) is 0 Å². The first kappa shape index (κ1) is 11.8. The van der Waals surface area contributed by atoms with Gasteiger partial charge in [0.25, 0.3) is 0 Å². The monoisotopic (exact) mass is 257 g/mol. The van der Waals surface area contributed by atoms with E-state index < -0.39 is 0 Å². The fourth-order valence-corrected chi connectivity index (χ4v) is 4.08. The van der Waals surface area contributed by atoms with E-state index >= 15 is 0 Å². The minimum absolute atomic E-state index is 0.00185. The molecule has 0 bridgehead atoms. The molecular weight excluding hydrogens is 238 g/mol. The Kier molecular flexibility index (Phi) is 3.30. The number of ether oxygens (including phenoxy) is 1. The average molecular weight is 257 g/mol. The maximum Gasteiger partial charge on any atom is 0.240 e. The highest BCUT2D eigenvalue weighted by Crippen LogP contribution is 2.35. The average Bonchev–Trinajstić information content (AvgIpc) is 3.01. The molecule has 2 atom stereocenters. The molecule has 0 aromatic rings. The van der Waals surface area contributed by atoms with Crippen molar-refractivity contribution >= 4 is 17.7 Å². The van der Waals surface area contributed by atoms with E-state index in [1.165, 1.54) is 0 Å². The summed E-state index contributed by atoms with van der Waals surface area (Å²) in [4.78, 5) is 14.4. The van der Waals surface area contributed by atoms with E-state index in [0.29, 0.717) is 13.2 Å². The van der Waals surface area contributed by atoms with Crippen molar-refractivity contribution in [2.45, 2.75) is 17.3 Å². The van der Waals surface area contributed by atoms with Crippen LogP contribution in [0.5, 0.6) is 0 Å². The van der Waals surface area contributed by atoms with Gasteiger partial charge in [-0.15, -0.1) is 11.8 Å². The van der Waals surface area contributed by atoms with Crippen molar-refractivity contribution in [1.29, 1.82) is 0 Å². The summed E-state index contributed by atoms with van der Waals surface area (Å²) in [6, 6.07) is -0.00185. The lowest BCUT2D eigenvalue weighted by Crippen LogP contribution is -2.53. The number of morpholine rings is 1. The standard InChI is InChI=1S/C11H19N3O2S/c15-10(14-3-5-16-6-4-14)9-7-17-11(13-9)1-2-12-8-11/h9,12-13H,1-8H2/t9-,11?/m0/s1. The van der Waals surface area contributed by atoms with Crippen molar-refractivity contribution in [1.82, 2.24) is 15.5 Å². The number of carbonyl (C=O) groups excluding carboxylic acids is 1. The van der Waals surface area contributed by atoms with Crippen molar-refractivity contribution < 1.29 is 9.53 Å². The lowest BCUT2D eigenvalue weighted by Gasteiger charge is -2.30. The highest BCUT2D eigenvalue weighted by atomic mass is 32.2. The van der Waals surface area contributed by atoms with E-state index in [2.05, 4.69) is 10.6 Å². The lowest BCUT2D eigenvalue weighted by atomic mass is 10.2. The van der Waals surface area contributed by atoms with Gasteiger partial charge in [-0.3, -0.25) is 10.1 Å². The molecular formula is C11H19N3O2S. The SMILES string of the molecule is O=C([C@@H]1CSC2(CCNC2)N1)N1CCOCC1. The Hall–Kier alpha value is -0.300. The molecule has 2 N–H and O–H groups in total. The first-order valence-corrected chi connectivity index (χ1v) is 7.27. The van der Waals surface area contributed by atoms with Crippen molar-refractivity contribution in [2.75, 3.05) is 45.1 Å². The minimum Gasteiger partial charge on any atom is -0.378 e. The summed E-state index contributed by atoms with van der Waals surface area (Å²) in [5.41, 5.74) is 0. The van der Waals surface area contributed by atoms with Crippen molar-refractivity contribution in [3.05, 3.63) is 0 Å². The van der Waals surface area contributed by atoms with Crippen molar-refractivity contribution in [3.63, 3.8) is 0 Å². The second-order valence-corrected chi connectivity index (χ2v) is 6.27. The van der Waals surface area contributed by atoms with Gasteiger partial charge >= 0.3 is 0 Å². The Labute approximate surface area is 106 Å². The second-order valence-electron chi connectivity index (χ2n) is 4.87. The summed E-state index contributed by atoms with van der Waals surface area (Å²) in [6.07, 6.45) is 1.12. The summed E-state index contributed by atoms with van der Waals surface area (Å²) in [7, 11) is 0. The maximum absolute atomic E-state index is 12.3. The summed E-state index contributed by atoms with van der Waals surface area (Å²) in [6.45, 7) is 4.87. The molecule has 0 radical (unpaired) electrons. The maximum atomic E-state index is 12.3. The van der Waals surface area contributed by atoms with Crippen LogP contribution in [0.25, 0.3) is 0 Å². The Balaban J connectivity index is 1.59. The largest absolute Gasteiger partial charge is 0.378 e. The summed E-state index contributed by atoms with van der Waals surface area (Å²) in [5, 5.41) is 6.90. The van der Waals surface area contributed by atoms with Gasteiger partial charge in [0.05, 0.1) is 24.1 Å². The lowest BCUT2D eigenvalue weighted by molar-refractivity contribution is -0.137. The number of hydrogen-bond acceptors (Lipinski definition) is 5. The second kappa shape index (κ2) is 4.76. The zero-order chi connectivity index (χ0) is 11.7. The third kappa shape index (κ3) is 2.31. The normalized spacial score (nSPS) is 37.9. The zero-order valence-electron chi connectivity index (χ0n) is 9.91. The van der Waals surface area contributed by atoms with Crippen molar-refractivity contribution in [3.8, 4) is 0 Å². The van der Waals surface area contributed by atoms with Crippen LogP contribution in [-0.4, -0.2) is 66.9 Å². The number of nitrogens with zero attached hydrogens (tertiary/aromatic N) is 1. The Morgan fingerprint density at radius 3 is 2.94 bits per heavy atom. The number of nitrogens with one attached hydrogen (secondary N) is 2. The fraction of sp³-hybridized carbons (Fsp3) is 0.909. The molecule has 0 aromatic heterocycles. The van der Waals surface area contributed by atoms with E-state index in [1.54, 1.807) is 0 Å². The van der Waals surface area contributed by atoms with E-state index in [4.69, 9.17) is 4.74 Å². The first-order chi connectivity index (χ1) is 8.29. The molecule has 0 aliphatic carbocycles. The molecule has 3 rings (SSSR count). The van der Waals surface area contributed by atoms with Crippen LogP contribution >= 0.6 is 11.8 Å². The van der Waals surface area contributed by atoms with Crippen LogP contribution in [0.4, 0.5) is 0 Å². The molecule has 17 heavy (non-hydrogen) atoms. The van der Waals surface area contributed by atoms with Gasteiger partial charge in [-0.2, -0.15) is 0 Å². The predicted octanol–water partition coefficient (Wildman–Crippen LogP) is -0.760. The Morgan fingerprint density at radius 1 is 1.41 bits per heavy atom. The van der Waals surface area contributed by atoms with Gasteiger partial charge in [0, 0.05) is 25.4 Å². The van der Waals surface area contributed by atoms with Gasteiger partial charge in [0.2, 0.25) is 5.91 Å².